The lowest BCUT2D eigenvalue weighted by molar-refractivity contribution is 0.246. The maximum absolute atomic E-state index is 14.4. The zero-order valence-corrected chi connectivity index (χ0v) is 13.8. The Balaban J connectivity index is 1.65. The van der Waals surface area contributed by atoms with Crippen LogP contribution in [0.3, 0.4) is 0 Å². The summed E-state index contributed by atoms with van der Waals surface area (Å²) in [5, 5.41) is 4.00. The molecule has 2 aromatic rings. The highest BCUT2D eigenvalue weighted by Gasteiger charge is 2.23. The van der Waals surface area contributed by atoms with Crippen molar-refractivity contribution in [1.82, 2.24) is 20.0 Å². The summed E-state index contributed by atoms with van der Waals surface area (Å²) in [6.45, 7) is 9.84. The molecule has 1 fully saturated rings. The fourth-order valence-electron chi connectivity index (χ4n) is 2.93. The number of halogens is 1. The van der Waals surface area contributed by atoms with E-state index in [4.69, 9.17) is 4.52 Å². The van der Waals surface area contributed by atoms with Crippen molar-refractivity contribution < 1.29 is 8.91 Å². The Morgan fingerprint density at radius 2 is 1.91 bits per heavy atom. The minimum absolute atomic E-state index is 0.283. The number of piperazine rings is 1. The predicted octanol–water partition coefficient (Wildman–Crippen LogP) is 2.11. The van der Waals surface area contributed by atoms with Gasteiger partial charge in [-0.3, -0.25) is 4.90 Å². The Morgan fingerprint density at radius 1 is 1.17 bits per heavy atom. The maximum atomic E-state index is 14.4. The van der Waals surface area contributed by atoms with E-state index in [9.17, 15) is 4.39 Å². The van der Waals surface area contributed by atoms with Gasteiger partial charge in [-0.25, -0.2) is 14.4 Å². The highest BCUT2D eigenvalue weighted by atomic mass is 19.1. The van der Waals surface area contributed by atoms with Crippen molar-refractivity contribution >= 4 is 5.82 Å². The van der Waals surface area contributed by atoms with Crippen LogP contribution in [0.4, 0.5) is 10.2 Å². The van der Waals surface area contributed by atoms with E-state index in [0.717, 1.165) is 49.7 Å². The second-order valence-corrected chi connectivity index (χ2v) is 5.88. The molecule has 3 rings (SSSR count). The molecule has 0 amide bonds. The van der Waals surface area contributed by atoms with E-state index in [1.807, 2.05) is 25.7 Å². The van der Waals surface area contributed by atoms with Crippen molar-refractivity contribution in [3.8, 4) is 0 Å². The van der Waals surface area contributed by atoms with Crippen molar-refractivity contribution in [3.63, 3.8) is 0 Å². The van der Waals surface area contributed by atoms with Gasteiger partial charge in [0.1, 0.15) is 12.1 Å². The first-order valence-electron chi connectivity index (χ1n) is 7.98. The van der Waals surface area contributed by atoms with Gasteiger partial charge in [-0.2, -0.15) is 0 Å². The zero-order chi connectivity index (χ0) is 16.4. The van der Waals surface area contributed by atoms with Crippen LogP contribution < -0.4 is 4.90 Å². The molecule has 0 bridgehead atoms. The Labute approximate surface area is 135 Å². The van der Waals surface area contributed by atoms with Crippen LogP contribution in [-0.2, 0) is 13.0 Å². The molecule has 0 saturated carbocycles. The highest BCUT2D eigenvalue weighted by Crippen LogP contribution is 2.21. The third-order valence-corrected chi connectivity index (χ3v) is 4.41. The van der Waals surface area contributed by atoms with Gasteiger partial charge in [0, 0.05) is 38.3 Å². The van der Waals surface area contributed by atoms with E-state index in [-0.39, 0.29) is 5.82 Å². The number of hydrogen-bond donors (Lipinski definition) is 0. The van der Waals surface area contributed by atoms with Gasteiger partial charge < -0.3 is 9.42 Å². The predicted molar refractivity (Wildman–Crippen MR) is 84.8 cm³/mol. The minimum atomic E-state index is -0.283. The quantitative estimate of drug-likeness (QED) is 0.860. The molecule has 0 radical (unpaired) electrons. The Morgan fingerprint density at radius 3 is 2.52 bits per heavy atom. The second-order valence-electron chi connectivity index (χ2n) is 5.88. The van der Waals surface area contributed by atoms with Crippen molar-refractivity contribution in [2.45, 2.75) is 33.7 Å². The Kier molecular flexibility index (Phi) is 4.56. The van der Waals surface area contributed by atoms with Gasteiger partial charge in [-0.15, -0.1) is 0 Å². The van der Waals surface area contributed by atoms with Crippen LogP contribution in [0.25, 0.3) is 0 Å². The largest absolute Gasteiger partial charge is 0.361 e. The molecule has 124 valence electrons. The third kappa shape index (κ3) is 3.19. The average molecular weight is 319 g/mol. The van der Waals surface area contributed by atoms with Gasteiger partial charge in [0.15, 0.2) is 11.6 Å². The molecule has 1 saturated heterocycles. The first-order valence-corrected chi connectivity index (χ1v) is 7.98. The molecule has 23 heavy (non-hydrogen) atoms. The summed E-state index contributed by atoms with van der Waals surface area (Å²) in [5.74, 6) is 1.02. The molecule has 0 atom stereocenters. The lowest BCUT2D eigenvalue weighted by atomic mass is 10.1. The number of aryl methyl sites for hydroxylation is 3. The normalized spacial score (nSPS) is 16.1. The van der Waals surface area contributed by atoms with Gasteiger partial charge in [0.05, 0.1) is 11.4 Å². The van der Waals surface area contributed by atoms with Crippen LogP contribution >= 0.6 is 0 Å². The Bertz CT molecular complexity index is 660. The fourth-order valence-corrected chi connectivity index (χ4v) is 2.93. The average Bonchev–Trinajstić information content (AvgIpc) is 2.88. The molecule has 2 aromatic heterocycles. The molecule has 0 unspecified atom stereocenters. The second kappa shape index (κ2) is 6.62. The molecule has 3 heterocycles. The maximum Gasteiger partial charge on any atom is 0.187 e. The first kappa shape index (κ1) is 15.9. The number of aromatic nitrogens is 3. The van der Waals surface area contributed by atoms with Crippen LogP contribution in [0.5, 0.6) is 0 Å². The van der Waals surface area contributed by atoms with Gasteiger partial charge in [-0.05, 0) is 20.3 Å². The number of rotatable bonds is 4. The van der Waals surface area contributed by atoms with Crippen LogP contribution in [0, 0.1) is 19.7 Å². The van der Waals surface area contributed by atoms with E-state index in [1.165, 1.54) is 6.33 Å². The summed E-state index contributed by atoms with van der Waals surface area (Å²) in [7, 11) is 0. The lowest BCUT2D eigenvalue weighted by Crippen LogP contribution is -2.46. The molecular formula is C16H22FN5O. The molecular weight excluding hydrogens is 297 g/mol. The number of anilines is 1. The van der Waals surface area contributed by atoms with Gasteiger partial charge in [0.2, 0.25) is 0 Å². The van der Waals surface area contributed by atoms with Gasteiger partial charge in [0.25, 0.3) is 0 Å². The van der Waals surface area contributed by atoms with Crippen molar-refractivity contribution in [3.05, 3.63) is 34.9 Å². The van der Waals surface area contributed by atoms with Crippen LogP contribution in [0.1, 0.15) is 29.6 Å². The molecule has 1 aliphatic heterocycles. The van der Waals surface area contributed by atoms with E-state index in [1.54, 1.807) is 0 Å². The van der Waals surface area contributed by atoms with Crippen molar-refractivity contribution in [1.29, 1.82) is 0 Å². The van der Waals surface area contributed by atoms with Crippen LogP contribution in [0.15, 0.2) is 10.9 Å². The molecule has 1 aliphatic rings. The lowest BCUT2D eigenvalue weighted by Gasteiger charge is -2.35. The Hall–Kier alpha value is -2.02. The van der Waals surface area contributed by atoms with Gasteiger partial charge >= 0.3 is 0 Å². The standard InChI is InChI=1S/C16H22FN5O/c1-4-14-15(17)16(19-10-18-14)22-7-5-21(6-8-22)9-13-11(2)20-23-12(13)3/h10H,4-9H2,1-3H3. The molecule has 0 aliphatic carbocycles. The smallest absolute Gasteiger partial charge is 0.187 e. The molecule has 0 aromatic carbocycles. The van der Waals surface area contributed by atoms with Crippen LogP contribution in [-0.4, -0.2) is 46.2 Å². The summed E-state index contributed by atoms with van der Waals surface area (Å²) in [5.41, 5.74) is 2.58. The van der Waals surface area contributed by atoms with Gasteiger partial charge in [-0.1, -0.05) is 12.1 Å². The first-order chi connectivity index (χ1) is 11.1. The molecule has 7 heteroatoms. The molecule has 6 nitrogen and oxygen atoms in total. The monoisotopic (exact) mass is 319 g/mol. The summed E-state index contributed by atoms with van der Waals surface area (Å²) in [6.07, 6.45) is 2.03. The summed E-state index contributed by atoms with van der Waals surface area (Å²) in [6, 6.07) is 0. The molecule has 0 N–H and O–H groups in total. The van der Waals surface area contributed by atoms with Crippen molar-refractivity contribution in [2.75, 3.05) is 31.1 Å². The third-order valence-electron chi connectivity index (χ3n) is 4.41. The van der Waals surface area contributed by atoms with E-state index in [0.29, 0.717) is 17.9 Å². The highest BCUT2D eigenvalue weighted by molar-refractivity contribution is 5.41. The SMILES string of the molecule is CCc1ncnc(N2CCN(Cc3c(C)noc3C)CC2)c1F. The van der Waals surface area contributed by atoms with E-state index in [2.05, 4.69) is 20.0 Å². The van der Waals surface area contributed by atoms with E-state index >= 15 is 0 Å². The zero-order valence-electron chi connectivity index (χ0n) is 13.8. The number of nitrogens with zero attached hydrogens (tertiary/aromatic N) is 5. The van der Waals surface area contributed by atoms with Crippen LogP contribution in [0.2, 0.25) is 0 Å². The number of hydrogen-bond acceptors (Lipinski definition) is 6. The summed E-state index contributed by atoms with van der Waals surface area (Å²) < 4.78 is 19.6. The van der Waals surface area contributed by atoms with Crippen molar-refractivity contribution in [2.24, 2.45) is 0 Å². The fraction of sp³-hybridized carbons (Fsp3) is 0.562. The summed E-state index contributed by atoms with van der Waals surface area (Å²) in [4.78, 5) is 12.5. The minimum Gasteiger partial charge on any atom is -0.361 e. The topological polar surface area (TPSA) is 58.3 Å². The summed E-state index contributed by atoms with van der Waals surface area (Å²) >= 11 is 0. The molecule has 0 spiro atoms. The van der Waals surface area contributed by atoms with E-state index < -0.39 is 0 Å².